The van der Waals surface area contributed by atoms with E-state index in [0.717, 1.165) is 0 Å². The van der Waals surface area contributed by atoms with Crippen LogP contribution in [0.4, 0.5) is 0 Å². The SMILES string of the molecule is O=C(CCn1[nH]c(=O)c2ccccc2c1=O)N1CCN(C(=O)[C@H]2COc3ccccc3O2)CC1. The van der Waals surface area contributed by atoms with E-state index in [1.807, 2.05) is 12.1 Å². The number of H-pyrrole nitrogens is 1. The van der Waals surface area contributed by atoms with Crippen LogP contribution in [-0.2, 0) is 16.1 Å². The largest absolute Gasteiger partial charge is 0.485 e. The van der Waals surface area contributed by atoms with Gasteiger partial charge in [0.2, 0.25) is 12.0 Å². The molecule has 0 spiro atoms. The highest BCUT2D eigenvalue weighted by Gasteiger charge is 2.33. The molecule has 0 aliphatic carbocycles. The number of amides is 2. The first-order chi connectivity index (χ1) is 16.5. The van der Waals surface area contributed by atoms with E-state index in [-0.39, 0.29) is 42.5 Å². The molecule has 0 radical (unpaired) electrons. The van der Waals surface area contributed by atoms with Crippen molar-refractivity contribution < 1.29 is 19.1 Å². The van der Waals surface area contributed by atoms with E-state index >= 15 is 0 Å². The van der Waals surface area contributed by atoms with Crippen molar-refractivity contribution in [2.24, 2.45) is 0 Å². The molecule has 0 bridgehead atoms. The fraction of sp³-hybridized carbons (Fsp3) is 0.333. The molecule has 34 heavy (non-hydrogen) atoms. The molecule has 2 amide bonds. The number of ether oxygens (including phenoxy) is 2. The van der Waals surface area contributed by atoms with Crippen LogP contribution in [0, 0.1) is 0 Å². The third kappa shape index (κ3) is 4.14. The Balaban J connectivity index is 1.16. The highest BCUT2D eigenvalue weighted by molar-refractivity contribution is 5.83. The lowest BCUT2D eigenvalue weighted by atomic mass is 10.2. The van der Waals surface area contributed by atoms with Crippen LogP contribution in [0.15, 0.2) is 58.1 Å². The summed E-state index contributed by atoms with van der Waals surface area (Å²) in [6.45, 7) is 1.77. The van der Waals surface area contributed by atoms with Crippen molar-refractivity contribution >= 4 is 22.6 Å². The minimum atomic E-state index is -0.714. The molecule has 5 rings (SSSR count). The molecule has 2 aliphatic rings. The average molecular weight is 464 g/mol. The minimum absolute atomic E-state index is 0.0679. The Kier molecular flexibility index (Phi) is 5.79. The van der Waals surface area contributed by atoms with E-state index in [9.17, 15) is 19.2 Å². The fourth-order valence-electron chi connectivity index (χ4n) is 4.29. The van der Waals surface area contributed by atoms with Crippen LogP contribution in [0.25, 0.3) is 10.8 Å². The number of para-hydroxylation sites is 2. The molecule has 0 saturated carbocycles. The Morgan fingerprint density at radius 3 is 2.29 bits per heavy atom. The molecule has 2 aliphatic heterocycles. The van der Waals surface area contributed by atoms with Gasteiger partial charge in [-0.2, -0.15) is 0 Å². The molecule has 10 nitrogen and oxygen atoms in total. The van der Waals surface area contributed by atoms with Crippen LogP contribution in [0.2, 0.25) is 0 Å². The lowest BCUT2D eigenvalue weighted by molar-refractivity contribution is -0.146. The standard InChI is InChI=1S/C24H24N4O6/c29-21(9-10-28-23(31)17-6-2-1-5-16(17)22(30)25-28)26-11-13-27(14-12-26)24(32)20-15-33-18-7-3-4-8-19(18)34-20/h1-8,20H,9-15H2,(H,25,30)/t20-/m1/s1. The zero-order chi connectivity index (χ0) is 23.7. The van der Waals surface area contributed by atoms with Gasteiger partial charge >= 0.3 is 0 Å². The molecular weight excluding hydrogens is 440 g/mol. The molecule has 10 heteroatoms. The minimum Gasteiger partial charge on any atom is -0.485 e. The maximum absolute atomic E-state index is 12.9. The van der Waals surface area contributed by atoms with Crippen LogP contribution < -0.4 is 20.6 Å². The zero-order valence-electron chi connectivity index (χ0n) is 18.4. The van der Waals surface area contributed by atoms with Crippen molar-refractivity contribution in [1.29, 1.82) is 0 Å². The summed E-state index contributed by atoms with van der Waals surface area (Å²) in [4.78, 5) is 53.8. The number of aryl methyl sites for hydroxylation is 1. The molecule has 1 fully saturated rings. The van der Waals surface area contributed by atoms with Gasteiger partial charge in [-0.3, -0.25) is 24.3 Å². The number of carbonyl (C=O) groups excluding carboxylic acids is 2. The number of rotatable bonds is 4. The molecular formula is C24H24N4O6. The summed E-state index contributed by atoms with van der Waals surface area (Å²) < 4.78 is 12.6. The number of benzene rings is 2. The lowest BCUT2D eigenvalue weighted by Crippen LogP contribution is -2.55. The molecule has 1 atom stereocenters. The Morgan fingerprint density at radius 2 is 1.53 bits per heavy atom. The maximum atomic E-state index is 12.9. The number of hydrogen-bond donors (Lipinski definition) is 1. The fourth-order valence-corrected chi connectivity index (χ4v) is 4.29. The highest BCUT2D eigenvalue weighted by atomic mass is 16.6. The van der Waals surface area contributed by atoms with E-state index in [1.54, 1.807) is 46.2 Å². The van der Waals surface area contributed by atoms with Crippen LogP contribution >= 0.6 is 0 Å². The lowest BCUT2D eigenvalue weighted by Gasteiger charge is -2.37. The van der Waals surface area contributed by atoms with Crippen molar-refractivity contribution in [2.75, 3.05) is 32.8 Å². The van der Waals surface area contributed by atoms with Gasteiger partial charge in [0.1, 0.15) is 6.61 Å². The maximum Gasteiger partial charge on any atom is 0.273 e. The molecule has 1 aromatic heterocycles. The van der Waals surface area contributed by atoms with Gasteiger partial charge in [-0.15, -0.1) is 0 Å². The van der Waals surface area contributed by atoms with Gasteiger partial charge in [0.05, 0.1) is 17.3 Å². The van der Waals surface area contributed by atoms with Crippen molar-refractivity contribution in [2.45, 2.75) is 19.1 Å². The normalized spacial score (nSPS) is 17.6. The monoisotopic (exact) mass is 464 g/mol. The third-order valence-corrected chi connectivity index (χ3v) is 6.16. The first kappa shape index (κ1) is 21.7. The van der Waals surface area contributed by atoms with E-state index in [4.69, 9.17) is 9.47 Å². The number of fused-ring (bicyclic) bond motifs is 2. The van der Waals surface area contributed by atoms with Gasteiger partial charge in [0.15, 0.2) is 11.5 Å². The molecule has 2 aromatic carbocycles. The first-order valence-electron chi connectivity index (χ1n) is 11.2. The topological polar surface area (TPSA) is 114 Å². The quantitative estimate of drug-likeness (QED) is 0.605. The summed E-state index contributed by atoms with van der Waals surface area (Å²) in [6.07, 6.45) is -0.646. The van der Waals surface area contributed by atoms with Crippen LogP contribution in [0.1, 0.15) is 6.42 Å². The molecule has 1 N–H and O–H groups in total. The van der Waals surface area contributed by atoms with E-state index in [0.29, 0.717) is 48.5 Å². The number of carbonyl (C=O) groups is 2. The molecule has 1 saturated heterocycles. The van der Waals surface area contributed by atoms with Crippen molar-refractivity contribution in [3.05, 3.63) is 69.2 Å². The Hall–Kier alpha value is -4.08. The Morgan fingerprint density at radius 1 is 0.882 bits per heavy atom. The number of piperazine rings is 1. The number of hydrogen-bond acceptors (Lipinski definition) is 6. The average Bonchev–Trinajstić information content (AvgIpc) is 2.89. The van der Waals surface area contributed by atoms with Crippen molar-refractivity contribution in [3.63, 3.8) is 0 Å². The Labute approximate surface area is 194 Å². The van der Waals surface area contributed by atoms with Gasteiger partial charge in [-0.25, -0.2) is 4.68 Å². The van der Waals surface area contributed by atoms with E-state index < -0.39 is 6.10 Å². The first-order valence-corrected chi connectivity index (χ1v) is 11.2. The second kappa shape index (κ2) is 9.05. The van der Waals surface area contributed by atoms with Gasteiger partial charge in [0.25, 0.3) is 17.0 Å². The van der Waals surface area contributed by atoms with Gasteiger partial charge < -0.3 is 19.3 Å². The third-order valence-electron chi connectivity index (χ3n) is 6.16. The smallest absolute Gasteiger partial charge is 0.273 e. The molecule has 0 unspecified atom stereocenters. The second-order valence-electron chi connectivity index (χ2n) is 8.26. The molecule has 176 valence electrons. The van der Waals surface area contributed by atoms with Gasteiger partial charge in [0, 0.05) is 32.6 Å². The zero-order valence-corrected chi connectivity index (χ0v) is 18.4. The van der Waals surface area contributed by atoms with Crippen LogP contribution in [0.5, 0.6) is 11.5 Å². The predicted octanol–water partition coefficient (Wildman–Crippen LogP) is 0.591. The highest BCUT2D eigenvalue weighted by Crippen LogP contribution is 2.31. The summed E-state index contributed by atoms with van der Waals surface area (Å²) in [5, 5.41) is 3.19. The number of aromatic nitrogens is 2. The van der Waals surface area contributed by atoms with Crippen LogP contribution in [0.3, 0.4) is 0 Å². The number of nitrogens with zero attached hydrogens (tertiary/aromatic N) is 3. The predicted molar refractivity (Wildman–Crippen MR) is 123 cm³/mol. The summed E-state index contributed by atoms with van der Waals surface area (Å²) in [5.74, 6) is 0.859. The second-order valence-corrected chi connectivity index (χ2v) is 8.26. The summed E-state index contributed by atoms with van der Waals surface area (Å²) in [5.41, 5.74) is -0.707. The van der Waals surface area contributed by atoms with Crippen molar-refractivity contribution in [3.8, 4) is 11.5 Å². The van der Waals surface area contributed by atoms with Gasteiger partial charge in [-0.1, -0.05) is 24.3 Å². The summed E-state index contributed by atoms with van der Waals surface area (Å²) >= 11 is 0. The van der Waals surface area contributed by atoms with E-state index in [2.05, 4.69) is 5.10 Å². The summed E-state index contributed by atoms with van der Waals surface area (Å²) in [7, 11) is 0. The Bertz CT molecular complexity index is 1360. The van der Waals surface area contributed by atoms with Gasteiger partial charge in [-0.05, 0) is 24.3 Å². The number of aromatic amines is 1. The van der Waals surface area contributed by atoms with Crippen molar-refractivity contribution in [1.82, 2.24) is 19.6 Å². The van der Waals surface area contributed by atoms with Crippen LogP contribution in [-0.4, -0.2) is 70.3 Å². The number of nitrogens with one attached hydrogen (secondary N) is 1. The van der Waals surface area contributed by atoms with E-state index in [1.165, 1.54) is 4.68 Å². The summed E-state index contributed by atoms with van der Waals surface area (Å²) in [6, 6.07) is 13.8. The molecule has 3 aromatic rings. The molecule has 3 heterocycles.